The van der Waals surface area contributed by atoms with Crippen LogP contribution in [0.15, 0.2) is 55.0 Å². The van der Waals surface area contributed by atoms with E-state index in [4.69, 9.17) is 24.2 Å². The quantitative estimate of drug-likeness (QED) is 0.127. The topological polar surface area (TPSA) is 189 Å². The predicted molar refractivity (Wildman–Crippen MR) is 210 cm³/mol. The molecule has 2 aliphatic carbocycles. The number of fused-ring (bicyclic) bond motifs is 2. The molecule has 300 valence electrons. The summed E-state index contributed by atoms with van der Waals surface area (Å²) >= 11 is 0. The fourth-order valence-corrected chi connectivity index (χ4v) is 9.10. The molecule has 0 radical (unpaired) electrons. The second-order valence-electron chi connectivity index (χ2n) is 16.0. The summed E-state index contributed by atoms with van der Waals surface area (Å²) in [6.07, 6.45) is 11.3. The molecule has 2 aromatic carbocycles. The highest BCUT2D eigenvalue weighted by atomic mass is 16.5. The number of benzene rings is 2. The molecule has 16 nitrogen and oxygen atoms in total. The van der Waals surface area contributed by atoms with Crippen molar-refractivity contribution in [3.05, 3.63) is 66.6 Å². The molecule has 4 fully saturated rings. The normalized spacial score (nSPS) is 20.7. The predicted octanol–water partition coefficient (Wildman–Crippen LogP) is 6.11. The summed E-state index contributed by atoms with van der Waals surface area (Å²) in [5.41, 5.74) is 5.35. The van der Waals surface area contributed by atoms with Gasteiger partial charge in [-0.05, 0) is 93.5 Å². The Labute approximate surface area is 333 Å². The lowest BCUT2D eigenvalue weighted by atomic mass is 10.1. The molecule has 5 aromatic rings. The average Bonchev–Trinajstić information content (AvgIpc) is 3.82. The van der Waals surface area contributed by atoms with Gasteiger partial charge in [-0.25, -0.2) is 19.6 Å². The van der Waals surface area contributed by atoms with E-state index in [0.717, 1.165) is 102 Å². The van der Waals surface area contributed by atoms with Gasteiger partial charge in [0.05, 0.1) is 61.3 Å². The first-order valence-corrected chi connectivity index (χ1v) is 20.2. The van der Waals surface area contributed by atoms with Gasteiger partial charge in [0.15, 0.2) is 11.5 Å². The molecule has 0 unspecified atom stereocenters. The van der Waals surface area contributed by atoms with Crippen LogP contribution < -0.4 is 15.4 Å². The summed E-state index contributed by atoms with van der Waals surface area (Å²) in [5.74, 6) is 2.93. The Hall–Kier alpha value is -6.32. The molecule has 4 amide bonds. The second kappa shape index (κ2) is 14.3. The minimum absolute atomic E-state index is 0.0909. The van der Waals surface area contributed by atoms with Gasteiger partial charge in [-0.3, -0.25) is 9.59 Å². The number of ether oxygens (including phenoxy) is 3. The van der Waals surface area contributed by atoms with Crippen LogP contribution in [-0.2, 0) is 19.1 Å². The van der Waals surface area contributed by atoms with Crippen LogP contribution in [0, 0.1) is 11.8 Å². The van der Waals surface area contributed by atoms with Gasteiger partial charge in [-0.15, -0.1) is 0 Å². The summed E-state index contributed by atoms with van der Waals surface area (Å²) < 4.78 is 18.3. The third-order valence-corrected chi connectivity index (χ3v) is 12.4. The molecular weight excluding hydrogens is 743 g/mol. The van der Waals surface area contributed by atoms with Crippen LogP contribution in [-0.4, -0.2) is 97.7 Å². The smallest absolute Gasteiger partial charge is 0.407 e. The van der Waals surface area contributed by atoms with E-state index in [-0.39, 0.29) is 35.7 Å². The van der Waals surface area contributed by atoms with Crippen LogP contribution in [0.4, 0.5) is 9.59 Å². The lowest BCUT2D eigenvalue weighted by Crippen LogP contribution is -2.49. The van der Waals surface area contributed by atoms with Gasteiger partial charge < -0.3 is 49.2 Å². The third-order valence-electron chi connectivity index (χ3n) is 12.4. The maximum atomic E-state index is 13.7. The highest BCUT2D eigenvalue weighted by molar-refractivity contribution is 6.00. The minimum atomic E-state index is -0.597. The van der Waals surface area contributed by atoms with E-state index in [2.05, 4.69) is 31.2 Å². The van der Waals surface area contributed by atoms with Crippen molar-refractivity contribution in [1.82, 2.24) is 44.9 Å². The highest BCUT2D eigenvalue weighted by Crippen LogP contribution is 2.46. The van der Waals surface area contributed by atoms with Crippen molar-refractivity contribution in [3.63, 3.8) is 0 Å². The number of carbonyl (C=O) groups is 4. The number of aromatic amines is 2. The summed E-state index contributed by atoms with van der Waals surface area (Å²) in [6.45, 7) is 1.21. The largest absolute Gasteiger partial charge is 0.453 e. The number of H-pyrrole nitrogens is 2. The Balaban J connectivity index is 0.874. The number of rotatable bonds is 10. The number of methoxy groups -OCH3 is 2. The molecule has 16 heteroatoms. The first-order valence-electron chi connectivity index (χ1n) is 20.2. The summed E-state index contributed by atoms with van der Waals surface area (Å²) in [6, 6.07) is 10.5. The van der Waals surface area contributed by atoms with Gasteiger partial charge in [0.1, 0.15) is 23.7 Å². The molecule has 6 heterocycles. The average molecular weight is 788 g/mol. The van der Waals surface area contributed by atoms with Crippen molar-refractivity contribution in [1.29, 1.82) is 0 Å². The van der Waals surface area contributed by atoms with Gasteiger partial charge in [0.2, 0.25) is 11.8 Å². The van der Waals surface area contributed by atoms with E-state index < -0.39 is 24.3 Å². The standard InChI is InChI=1S/C42H45N9O7/c1-56-41(54)47-34(22-7-8-22)39(52)50-16-3-5-30(50)37-43-20-27(45-37)24-11-13-29-33(19-24)58-32-14-12-25(26-15-18-49(29)36(26)32)28-21-44-38(46-28)31-6-4-17-51(31)40(53)35(23-9-10-23)48-42(55)57-2/h11-15,18-23,30-31,34-35H,3-10,16-17H2,1-2H3,(H,43,45)(H,44,46)(H,47,54)(H,48,55)/t30-,31-,34-,35-/m0/s1. The first-order chi connectivity index (χ1) is 28.3. The van der Waals surface area contributed by atoms with E-state index in [1.165, 1.54) is 14.2 Å². The van der Waals surface area contributed by atoms with Gasteiger partial charge >= 0.3 is 12.2 Å². The van der Waals surface area contributed by atoms with Crippen LogP contribution in [0.25, 0.3) is 39.1 Å². The number of nitrogens with zero attached hydrogens (tertiary/aromatic N) is 5. The molecule has 0 bridgehead atoms. The Kier molecular flexibility index (Phi) is 8.86. The number of nitrogens with one attached hydrogen (secondary N) is 4. The SMILES string of the molecule is COC(=O)N[C@H](C(=O)N1CCC[C@H]1c1ncc(-c2ccc3c(c2)Oc2ccc(-c4cnc([C@@H]5CCCN5C(=O)[C@@H](NC(=O)OC)C5CC5)[nH]4)c4ccn-3c24)[nH]1)C1CC1. The van der Waals surface area contributed by atoms with E-state index in [1.807, 2.05) is 52.5 Å². The van der Waals surface area contributed by atoms with Crippen LogP contribution in [0.5, 0.6) is 11.5 Å². The van der Waals surface area contributed by atoms with Crippen molar-refractivity contribution in [2.45, 2.75) is 75.5 Å². The Morgan fingerprint density at radius 1 is 0.741 bits per heavy atom. The third kappa shape index (κ3) is 6.30. The Morgan fingerprint density at radius 3 is 1.91 bits per heavy atom. The number of aromatic nitrogens is 5. The van der Waals surface area contributed by atoms with Crippen molar-refractivity contribution >= 4 is 34.9 Å². The first kappa shape index (κ1) is 36.0. The lowest BCUT2D eigenvalue weighted by molar-refractivity contribution is -0.135. The summed E-state index contributed by atoms with van der Waals surface area (Å²) in [5, 5.41) is 6.53. The molecule has 4 N–H and O–H groups in total. The molecule has 10 rings (SSSR count). The number of hydrogen-bond donors (Lipinski definition) is 4. The summed E-state index contributed by atoms with van der Waals surface area (Å²) in [4.78, 5) is 71.7. The number of amides is 4. The zero-order valence-electron chi connectivity index (χ0n) is 32.3. The van der Waals surface area contributed by atoms with E-state index in [0.29, 0.717) is 24.7 Å². The molecule has 2 saturated heterocycles. The summed E-state index contributed by atoms with van der Waals surface area (Å²) in [7, 11) is 2.62. The fourth-order valence-electron chi connectivity index (χ4n) is 9.10. The highest BCUT2D eigenvalue weighted by Gasteiger charge is 2.45. The monoisotopic (exact) mass is 787 g/mol. The molecule has 3 aromatic heterocycles. The van der Waals surface area contributed by atoms with Crippen molar-refractivity contribution in [3.8, 4) is 39.7 Å². The zero-order valence-corrected chi connectivity index (χ0v) is 32.3. The number of imidazole rings is 2. The van der Waals surface area contributed by atoms with E-state index in [1.54, 1.807) is 6.20 Å². The minimum Gasteiger partial charge on any atom is -0.453 e. The van der Waals surface area contributed by atoms with Gasteiger partial charge in [0.25, 0.3) is 0 Å². The lowest BCUT2D eigenvalue weighted by Gasteiger charge is -2.28. The van der Waals surface area contributed by atoms with Gasteiger partial charge in [-0.1, -0.05) is 6.07 Å². The maximum absolute atomic E-state index is 13.7. The Morgan fingerprint density at radius 2 is 1.33 bits per heavy atom. The number of hydrogen-bond acceptors (Lipinski definition) is 9. The molecule has 0 spiro atoms. The Bertz CT molecular complexity index is 2440. The van der Waals surface area contributed by atoms with E-state index in [9.17, 15) is 19.2 Å². The zero-order chi connectivity index (χ0) is 39.7. The molecule has 3 aliphatic heterocycles. The molecule has 4 atom stereocenters. The number of alkyl carbamates (subject to hydrolysis) is 2. The van der Waals surface area contributed by atoms with Crippen LogP contribution >= 0.6 is 0 Å². The van der Waals surface area contributed by atoms with Crippen LogP contribution in [0.1, 0.15) is 75.1 Å². The van der Waals surface area contributed by atoms with Gasteiger partial charge in [-0.2, -0.15) is 0 Å². The fraction of sp³-hybridized carbons (Fsp3) is 0.429. The van der Waals surface area contributed by atoms with Gasteiger partial charge in [0, 0.05) is 35.8 Å². The maximum Gasteiger partial charge on any atom is 0.407 e. The molecule has 58 heavy (non-hydrogen) atoms. The van der Waals surface area contributed by atoms with Crippen molar-refractivity contribution < 1.29 is 33.4 Å². The number of likely N-dealkylation sites (tertiary alicyclic amines) is 2. The van der Waals surface area contributed by atoms with Crippen molar-refractivity contribution in [2.24, 2.45) is 11.8 Å². The molecular formula is C42H45N9O7. The van der Waals surface area contributed by atoms with E-state index >= 15 is 0 Å². The van der Waals surface area contributed by atoms with Crippen LogP contribution in [0.2, 0.25) is 0 Å². The second-order valence-corrected chi connectivity index (χ2v) is 16.0. The number of carbonyl (C=O) groups excluding carboxylic acids is 4. The van der Waals surface area contributed by atoms with Crippen molar-refractivity contribution in [2.75, 3.05) is 27.3 Å². The molecule has 5 aliphatic rings. The van der Waals surface area contributed by atoms with Crippen LogP contribution in [0.3, 0.4) is 0 Å². The molecule has 2 saturated carbocycles.